The molecule has 1 aromatic carbocycles. The highest BCUT2D eigenvalue weighted by molar-refractivity contribution is 6.19. The lowest BCUT2D eigenvalue weighted by Crippen LogP contribution is -2.43. The second kappa shape index (κ2) is 8.34. The Morgan fingerprint density at radius 1 is 1.15 bits per heavy atom. The molecule has 1 aromatic rings. The molecule has 0 saturated carbocycles. The number of hydrogen-bond acceptors (Lipinski definition) is 5. The summed E-state index contributed by atoms with van der Waals surface area (Å²) in [6, 6.07) is 7.20. The Labute approximate surface area is 153 Å². The van der Waals surface area contributed by atoms with E-state index in [0.717, 1.165) is 11.3 Å². The molecule has 0 atom stereocenters. The smallest absolute Gasteiger partial charge is 0.271 e. The van der Waals surface area contributed by atoms with Crippen LogP contribution >= 0.6 is 0 Å². The molecule has 26 heavy (non-hydrogen) atoms. The standard InChI is InChI=1S/C20H22N2O4/c1-5-6-9-22-19(23)15(13(2)16(12-21)20(22)24)10-14-7-8-17(25-3)18(11-14)26-4/h7-8,10-11H,5-6,9H2,1-4H3/b15-10+. The number of nitriles is 1. The molecular formula is C20H22N2O4. The maximum Gasteiger partial charge on any atom is 0.271 e. The number of nitrogens with zero attached hydrogens (tertiary/aromatic N) is 2. The second-order valence-corrected chi connectivity index (χ2v) is 5.90. The molecule has 136 valence electrons. The number of imide groups is 1. The van der Waals surface area contributed by atoms with Crippen LogP contribution in [-0.4, -0.2) is 37.5 Å². The molecule has 6 nitrogen and oxygen atoms in total. The van der Waals surface area contributed by atoms with Gasteiger partial charge in [-0.15, -0.1) is 0 Å². The van der Waals surface area contributed by atoms with Gasteiger partial charge in [-0.1, -0.05) is 19.4 Å². The lowest BCUT2D eigenvalue weighted by molar-refractivity contribution is -0.140. The first-order chi connectivity index (χ1) is 12.5. The number of unbranched alkanes of at least 4 members (excludes halogenated alkanes) is 1. The molecule has 0 bridgehead atoms. The molecule has 1 heterocycles. The van der Waals surface area contributed by atoms with Gasteiger partial charge in [0.15, 0.2) is 11.5 Å². The fourth-order valence-electron chi connectivity index (χ4n) is 2.76. The number of amides is 2. The van der Waals surface area contributed by atoms with Crippen LogP contribution < -0.4 is 9.47 Å². The SMILES string of the molecule is CCCCN1C(=O)C(C#N)=C(C)/C(=C\c2ccc(OC)c(OC)c2)C1=O. The van der Waals surface area contributed by atoms with E-state index in [9.17, 15) is 14.9 Å². The summed E-state index contributed by atoms with van der Waals surface area (Å²) < 4.78 is 10.5. The Morgan fingerprint density at radius 3 is 2.42 bits per heavy atom. The van der Waals surface area contributed by atoms with Crippen molar-refractivity contribution < 1.29 is 19.1 Å². The molecule has 0 N–H and O–H groups in total. The highest BCUT2D eigenvalue weighted by Gasteiger charge is 2.34. The third kappa shape index (κ3) is 3.62. The number of methoxy groups -OCH3 is 2. The first kappa shape index (κ1) is 19.3. The van der Waals surface area contributed by atoms with E-state index in [-0.39, 0.29) is 11.5 Å². The molecule has 0 spiro atoms. The number of ether oxygens (including phenoxy) is 2. The lowest BCUT2D eigenvalue weighted by atomic mass is 9.93. The third-order valence-electron chi connectivity index (χ3n) is 4.28. The van der Waals surface area contributed by atoms with Crippen LogP contribution in [0.5, 0.6) is 11.5 Å². The van der Waals surface area contributed by atoms with Crippen molar-refractivity contribution in [2.24, 2.45) is 0 Å². The lowest BCUT2D eigenvalue weighted by Gasteiger charge is -2.27. The molecule has 1 aliphatic rings. The zero-order chi connectivity index (χ0) is 19.3. The number of carbonyl (C=O) groups excluding carboxylic acids is 2. The van der Waals surface area contributed by atoms with Crippen molar-refractivity contribution >= 4 is 17.9 Å². The zero-order valence-corrected chi connectivity index (χ0v) is 15.5. The Hall–Kier alpha value is -3.07. The summed E-state index contributed by atoms with van der Waals surface area (Å²) in [5.74, 6) is 0.211. The molecule has 0 fully saturated rings. The summed E-state index contributed by atoms with van der Waals surface area (Å²) in [7, 11) is 3.08. The predicted molar refractivity (Wildman–Crippen MR) is 97.5 cm³/mol. The Bertz CT molecular complexity index is 831. The molecule has 2 rings (SSSR count). The minimum atomic E-state index is -0.520. The van der Waals surface area contributed by atoms with E-state index in [1.54, 1.807) is 38.3 Å². The minimum absolute atomic E-state index is 0.00688. The van der Waals surface area contributed by atoms with E-state index in [4.69, 9.17) is 9.47 Å². The van der Waals surface area contributed by atoms with Crippen LogP contribution in [0.15, 0.2) is 34.9 Å². The van der Waals surface area contributed by atoms with Crippen LogP contribution in [0.4, 0.5) is 0 Å². The Kier molecular flexibility index (Phi) is 6.18. The van der Waals surface area contributed by atoms with Gasteiger partial charge in [0.05, 0.1) is 14.2 Å². The van der Waals surface area contributed by atoms with E-state index in [2.05, 4.69) is 0 Å². The number of hydrogen-bond donors (Lipinski definition) is 0. The molecule has 2 amide bonds. The molecule has 0 aliphatic carbocycles. The number of benzene rings is 1. The van der Waals surface area contributed by atoms with Crippen LogP contribution in [0.2, 0.25) is 0 Å². The summed E-state index contributed by atoms with van der Waals surface area (Å²) in [5.41, 5.74) is 1.45. The van der Waals surface area contributed by atoms with Gasteiger partial charge in [-0.2, -0.15) is 5.26 Å². The molecule has 1 aliphatic heterocycles. The van der Waals surface area contributed by atoms with Gasteiger partial charge in [-0.05, 0) is 42.7 Å². The topological polar surface area (TPSA) is 79.6 Å². The van der Waals surface area contributed by atoms with Crippen molar-refractivity contribution in [2.75, 3.05) is 20.8 Å². The van der Waals surface area contributed by atoms with Crippen LogP contribution in [-0.2, 0) is 9.59 Å². The monoisotopic (exact) mass is 354 g/mol. The number of carbonyl (C=O) groups is 2. The average Bonchev–Trinajstić information content (AvgIpc) is 2.65. The van der Waals surface area contributed by atoms with Crippen molar-refractivity contribution in [3.05, 3.63) is 40.5 Å². The Morgan fingerprint density at radius 2 is 1.85 bits per heavy atom. The summed E-state index contributed by atoms with van der Waals surface area (Å²) >= 11 is 0. The van der Waals surface area contributed by atoms with E-state index >= 15 is 0 Å². The highest BCUT2D eigenvalue weighted by atomic mass is 16.5. The first-order valence-electron chi connectivity index (χ1n) is 8.39. The van der Waals surface area contributed by atoms with E-state index in [1.165, 1.54) is 7.11 Å². The van der Waals surface area contributed by atoms with Crippen molar-refractivity contribution in [1.29, 1.82) is 5.26 Å². The zero-order valence-electron chi connectivity index (χ0n) is 15.5. The van der Waals surface area contributed by atoms with E-state index < -0.39 is 5.91 Å². The predicted octanol–water partition coefficient (Wildman–Crippen LogP) is 3.10. The maximum absolute atomic E-state index is 12.8. The molecule has 6 heteroatoms. The molecule has 0 saturated heterocycles. The molecular weight excluding hydrogens is 332 g/mol. The van der Waals surface area contributed by atoms with Crippen LogP contribution in [0.1, 0.15) is 32.3 Å². The molecule has 0 unspecified atom stereocenters. The third-order valence-corrected chi connectivity index (χ3v) is 4.28. The largest absolute Gasteiger partial charge is 0.493 e. The molecule has 0 radical (unpaired) electrons. The van der Waals surface area contributed by atoms with Gasteiger partial charge in [0, 0.05) is 12.1 Å². The van der Waals surface area contributed by atoms with Gasteiger partial charge in [0.1, 0.15) is 11.6 Å². The van der Waals surface area contributed by atoms with Gasteiger partial charge < -0.3 is 9.47 Å². The van der Waals surface area contributed by atoms with Gasteiger partial charge in [0.25, 0.3) is 11.8 Å². The van der Waals surface area contributed by atoms with Crippen LogP contribution in [0.25, 0.3) is 6.08 Å². The van der Waals surface area contributed by atoms with E-state index in [1.807, 2.05) is 13.0 Å². The second-order valence-electron chi connectivity index (χ2n) is 5.90. The van der Waals surface area contributed by atoms with Crippen LogP contribution in [0, 0.1) is 11.3 Å². The normalized spacial score (nSPS) is 16.1. The molecule has 0 aromatic heterocycles. The fraction of sp³-hybridized carbons (Fsp3) is 0.350. The summed E-state index contributed by atoms with van der Waals surface area (Å²) in [6.07, 6.45) is 3.21. The first-order valence-corrected chi connectivity index (χ1v) is 8.39. The quantitative estimate of drug-likeness (QED) is 0.579. The van der Waals surface area contributed by atoms with Gasteiger partial charge in [-0.25, -0.2) is 0 Å². The van der Waals surface area contributed by atoms with Crippen molar-refractivity contribution in [3.63, 3.8) is 0 Å². The van der Waals surface area contributed by atoms with Crippen molar-refractivity contribution in [2.45, 2.75) is 26.7 Å². The van der Waals surface area contributed by atoms with Crippen molar-refractivity contribution in [3.8, 4) is 17.6 Å². The Balaban J connectivity index is 2.53. The van der Waals surface area contributed by atoms with E-state index in [0.29, 0.717) is 41.2 Å². The summed E-state index contributed by atoms with van der Waals surface area (Å²) in [5, 5.41) is 9.37. The highest BCUT2D eigenvalue weighted by Crippen LogP contribution is 2.31. The average molecular weight is 354 g/mol. The number of rotatable bonds is 6. The maximum atomic E-state index is 12.8. The van der Waals surface area contributed by atoms with Gasteiger partial charge in [-0.3, -0.25) is 14.5 Å². The fourth-order valence-corrected chi connectivity index (χ4v) is 2.76. The summed E-state index contributed by atoms with van der Waals surface area (Å²) in [4.78, 5) is 26.4. The van der Waals surface area contributed by atoms with Crippen LogP contribution in [0.3, 0.4) is 0 Å². The van der Waals surface area contributed by atoms with Crippen molar-refractivity contribution in [1.82, 2.24) is 4.90 Å². The minimum Gasteiger partial charge on any atom is -0.493 e. The summed E-state index contributed by atoms with van der Waals surface area (Å²) in [6.45, 7) is 3.90. The van der Waals surface area contributed by atoms with Gasteiger partial charge in [0.2, 0.25) is 0 Å². The van der Waals surface area contributed by atoms with Gasteiger partial charge >= 0.3 is 0 Å².